The molecule has 1 saturated heterocycles. The lowest BCUT2D eigenvalue weighted by molar-refractivity contribution is -0.132. The fraction of sp³-hybridized carbons (Fsp3) is 0.577. The predicted octanol–water partition coefficient (Wildman–Crippen LogP) is 4.80. The number of aryl methyl sites for hydroxylation is 2. The minimum atomic E-state index is 0.260. The van der Waals surface area contributed by atoms with Gasteiger partial charge in [-0.1, -0.05) is 58.0 Å². The zero-order valence-electron chi connectivity index (χ0n) is 20.1. The Balaban J connectivity index is 1.67. The van der Waals surface area contributed by atoms with Crippen LogP contribution < -0.4 is 4.90 Å². The summed E-state index contributed by atoms with van der Waals surface area (Å²) in [7, 11) is 0. The van der Waals surface area contributed by atoms with Crippen molar-refractivity contribution >= 4 is 11.7 Å². The van der Waals surface area contributed by atoms with Crippen molar-refractivity contribution in [2.24, 2.45) is 11.3 Å². The number of nitrogens with zero attached hydrogens (tertiary/aromatic N) is 4. The zero-order valence-corrected chi connectivity index (χ0v) is 20.1. The second kappa shape index (κ2) is 9.80. The summed E-state index contributed by atoms with van der Waals surface area (Å²) in [5, 5.41) is 0. The zero-order chi connectivity index (χ0) is 22.6. The second-order valence-corrected chi connectivity index (χ2v) is 10.3. The van der Waals surface area contributed by atoms with Crippen LogP contribution in [-0.4, -0.2) is 47.0 Å². The number of benzene rings is 1. The van der Waals surface area contributed by atoms with Crippen LogP contribution in [0.15, 0.2) is 30.3 Å². The number of anilines is 1. The number of hydrogen-bond acceptors (Lipinski definition) is 4. The number of carbonyl (C=O) groups excluding carboxylic acids is 1. The van der Waals surface area contributed by atoms with E-state index in [1.165, 1.54) is 11.1 Å². The summed E-state index contributed by atoms with van der Waals surface area (Å²) < 4.78 is 0. The van der Waals surface area contributed by atoms with E-state index in [4.69, 9.17) is 4.98 Å². The van der Waals surface area contributed by atoms with Gasteiger partial charge in [-0.05, 0) is 37.2 Å². The summed E-state index contributed by atoms with van der Waals surface area (Å²) in [4.78, 5) is 26.7. The van der Waals surface area contributed by atoms with Gasteiger partial charge in [-0.15, -0.1) is 0 Å². The molecular weight excluding hydrogens is 384 g/mol. The standard InChI is InChI=1S/C26H38N4O/c1-19(18-26(4,5)6)16-24(31)29-12-14-30(15-13-29)25-23(20(2)27-21(3)28-25)17-22-10-8-7-9-11-22/h7-11,19H,12-18H2,1-6H3/t19-/m0/s1. The van der Waals surface area contributed by atoms with Crippen LogP contribution in [0, 0.1) is 25.2 Å². The molecule has 1 aromatic heterocycles. The van der Waals surface area contributed by atoms with Gasteiger partial charge >= 0.3 is 0 Å². The first kappa shape index (κ1) is 23.2. The topological polar surface area (TPSA) is 49.3 Å². The van der Waals surface area contributed by atoms with E-state index in [1.54, 1.807) is 0 Å². The van der Waals surface area contributed by atoms with Gasteiger partial charge in [0, 0.05) is 50.3 Å². The number of hydrogen-bond donors (Lipinski definition) is 0. The second-order valence-electron chi connectivity index (χ2n) is 10.3. The maximum Gasteiger partial charge on any atom is 0.222 e. The average molecular weight is 423 g/mol. The molecule has 1 aromatic carbocycles. The van der Waals surface area contributed by atoms with E-state index >= 15 is 0 Å². The van der Waals surface area contributed by atoms with E-state index in [-0.39, 0.29) is 11.3 Å². The van der Waals surface area contributed by atoms with Crippen LogP contribution in [0.25, 0.3) is 0 Å². The molecule has 0 saturated carbocycles. The lowest BCUT2D eigenvalue weighted by Crippen LogP contribution is -2.49. The summed E-state index contributed by atoms with van der Waals surface area (Å²) >= 11 is 0. The molecule has 1 atom stereocenters. The third-order valence-electron chi connectivity index (χ3n) is 5.94. The van der Waals surface area contributed by atoms with Crippen molar-refractivity contribution in [1.29, 1.82) is 0 Å². The molecule has 1 fully saturated rings. The van der Waals surface area contributed by atoms with E-state index in [0.29, 0.717) is 12.3 Å². The van der Waals surface area contributed by atoms with E-state index in [2.05, 4.69) is 68.8 Å². The van der Waals surface area contributed by atoms with Crippen molar-refractivity contribution in [3.05, 3.63) is 53.0 Å². The molecule has 2 heterocycles. The maximum atomic E-state index is 12.8. The fourth-order valence-electron chi connectivity index (χ4n) is 4.70. The molecule has 168 valence electrons. The molecule has 3 rings (SSSR count). The Bertz CT molecular complexity index is 880. The molecule has 1 aliphatic heterocycles. The third kappa shape index (κ3) is 6.52. The molecule has 5 heteroatoms. The molecule has 0 radical (unpaired) electrons. The van der Waals surface area contributed by atoms with Crippen LogP contribution in [-0.2, 0) is 11.2 Å². The first-order valence-electron chi connectivity index (χ1n) is 11.5. The maximum absolute atomic E-state index is 12.8. The fourth-order valence-corrected chi connectivity index (χ4v) is 4.70. The molecule has 1 amide bonds. The van der Waals surface area contributed by atoms with E-state index < -0.39 is 0 Å². The van der Waals surface area contributed by atoms with E-state index in [1.807, 2.05) is 17.9 Å². The molecule has 2 aromatic rings. The van der Waals surface area contributed by atoms with Crippen molar-refractivity contribution in [2.45, 2.75) is 60.8 Å². The highest BCUT2D eigenvalue weighted by molar-refractivity contribution is 5.76. The highest BCUT2D eigenvalue weighted by atomic mass is 16.2. The van der Waals surface area contributed by atoms with Crippen LogP contribution in [0.5, 0.6) is 0 Å². The third-order valence-corrected chi connectivity index (χ3v) is 5.94. The Labute approximate surface area is 187 Å². The van der Waals surface area contributed by atoms with Gasteiger partial charge in [-0.2, -0.15) is 0 Å². The van der Waals surface area contributed by atoms with Crippen molar-refractivity contribution in [2.75, 3.05) is 31.1 Å². The molecule has 1 aliphatic rings. The number of piperazine rings is 1. The first-order valence-corrected chi connectivity index (χ1v) is 11.5. The monoisotopic (exact) mass is 422 g/mol. The molecule has 0 bridgehead atoms. The van der Waals surface area contributed by atoms with Crippen LogP contribution in [0.2, 0.25) is 0 Å². The normalized spacial score (nSPS) is 15.8. The van der Waals surface area contributed by atoms with Crippen molar-refractivity contribution in [1.82, 2.24) is 14.9 Å². The molecular formula is C26H38N4O. The van der Waals surface area contributed by atoms with Gasteiger partial charge < -0.3 is 9.80 Å². The van der Waals surface area contributed by atoms with Gasteiger partial charge in [0.25, 0.3) is 0 Å². The number of aromatic nitrogens is 2. The predicted molar refractivity (Wildman–Crippen MR) is 127 cm³/mol. The molecule has 31 heavy (non-hydrogen) atoms. The largest absolute Gasteiger partial charge is 0.353 e. The average Bonchev–Trinajstić information content (AvgIpc) is 2.69. The Morgan fingerprint density at radius 1 is 1.03 bits per heavy atom. The quantitative estimate of drug-likeness (QED) is 0.671. The van der Waals surface area contributed by atoms with Gasteiger partial charge in [0.05, 0.1) is 0 Å². The number of carbonyl (C=O) groups is 1. The first-order chi connectivity index (χ1) is 14.6. The van der Waals surface area contributed by atoms with E-state index in [0.717, 1.165) is 56.4 Å². The van der Waals surface area contributed by atoms with Crippen LogP contribution in [0.1, 0.15) is 63.2 Å². The minimum absolute atomic E-state index is 0.260. The summed E-state index contributed by atoms with van der Waals surface area (Å²) in [5.74, 6) is 2.53. The van der Waals surface area contributed by atoms with Crippen molar-refractivity contribution < 1.29 is 4.79 Å². The molecule has 0 spiro atoms. The molecule has 5 nitrogen and oxygen atoms in total. The van der Waals surface area contributed by atoms with E-state index in [9.17, 15) is 4.79 Å². The molecule has 0 unspecified atom stereocenters. The lowest BCUT2D eigenvalue weighted by atomic mass is 9.84. The number of amides is 1. The smallest absolute Gasteiger partial charge is 0.222 e. The number of rotatable bonds is 6. The molecule has 0 aliphatic carbocycles. The summed E-state index contributed by atoms with van der Waals surface area (Å²) in [6, 6.07) is 10.5. The highest BCUT2D eigenvalue weighted by Gasteiger charge is 2.26. The molecule has 0 N–H and O–H groups in total. The minimum Gasteiger partial charge on any atom is -0.353 e. The van der Waals surface area contributed by atoms with Gasteiger partial charge in [0.2, 0.25) is 5.91 Å². The summed E-state index contributed by atoms with van der Waals surface area (Å²) in [6.07, 6.45) is 2.54. The van der Waals surface area contributed by atoms with Gasteiger partial charge in [0.15, 0.2) is 0 Å². The summed E-state index contributed by atoms with van der Waals surface area (Å²) in [6.45, 7) is 16.1. The Hall–Kier alpha value is -2.43. The van der Waals surface area contributed by atoms with Crippen molar-refractivity contribution in [3.63, 3.8) is 0 Å². The Kier molecular flexibility index (Phi) is 7.34. The van der Waals surface area contributed by atoms with Crippen molar-refractivity contribution in [3.8, 4) is 0 Å². The lowest BCUT2D eigenvalue weighted by Gasteiger charge is -2.37. The highest BCUT2D eigenvalue weighted by Crippen LogP contribution is 2.28. The van der Waals surface area contributed by atoms with Gasteiger partial charge in [-0.25, -0.2) is 9.97 Å². The van der Waals surface area contributed by atoms with Gasteiger partial charge in [0.1, 0.15) is 11.6 Å². The van der Waals surface area contributed by atoms with Crippen LogP contribution in [0.3, 0.4) is 0 Å². The van der Waals surface area contributed by atoms with Gasteiger partial charge in [-0.3, -0.25) is 4.79 Å². The SMILES string of the molecule is Cc1nc(C)c(Cc2ccccc2)c(N2CCN(C(=O)C[C@H](C)CC(C)(C)C)CC2)n1. The van der Waals surface area contributed by atoms with Crippen LogP contribution >= 0.6 is 0 Å². The Morgan fingerprint density at radius 2 is 1.68 bits per heavy atom. The van der Waals surface area contributed by atoms with Crippen LogP contribution in [0.4, 0.5) is 5.82 Å². The summed E-state index contributed by atoms with van der Waals surface area (Å²) in [5.41, 5.74) is 3.76. The Morgan fingerprint density at radius 3 is 2.29 bits per heavy atom.